The Bertz CT molecular complexity index is 792. The van der Waals surface area contributed by atoms with Crippen LogP contribution in [0.3, 0.4) is 0 Å². The monoisotopic (exact) mass is 359 g/mol. The predicted molar refractivity (Wildman–Crippen MR) is 89.0 cm³/mol. The Hall–Kier alpha value is -1.74. The number of rotatable bonds is 9. The van der Waals surface area contributed by atoms with Crippen molar-refractivity contribution in [1.29, 1.82) is 0 Å². The van der Waals surface area contributed by atoms with E-state index in [1.165, 1.54) is 0 Å². The highest BCUT2D eigenvalue weighted by Crippen LogP contribution is 2.47. The lowest BCUT2D eigenvalue weighted by Crippen LogP contribution is -2.14. The Kier molecular flexibility index (Phi) is 6.11. The number of aryl methyl sites for hydroxylation is 1. The van der Waals surface area contributed by atoms with Crippen molar-refractivity contribution in [3.8, 4) is 0 Å². The normalized spacial score (nSPS) is 12.1. The van der Waals surface area contributed by atoms with Gasteiger partial charge in [0.25, 0.3) is 5.56 Å². The molecule has 24 heavy (non-hydrogen) atoms. The number of H-pyrrole nitrogens is 1. The van der Waals surface area contributed by atoms with Crippen LogP contribution in [0.1, 0.15) is 19.7 Å². The Balaban J connectivity index is 2.05. The molecule has 0 saturated carbocycles. The third-order valence-electron chi connectivity index (χ3n) is 3.17. The van der Waals surface area contributed by atoms with Crippen molar-refractivity contribution in [3.63, 3.8) is 0 Å². The smallest absolute Gasteiger partial charge is 0.356 e. The largest absolute Gasteiger partial charge is 0.369 e. The lowest BCUT2D eigenvalue weighted by Gasteiger charge is -2.17. The fourth-order valence-corrected chi connectivity index (χ4v) is 3.60. The highest BCUT2D eigenvalue weighted by molar-refractivity contribution is 7.53. The number of ether oxygens (including phenoxy) is 1. The Morgan fingerprint density at radius 3 is 2.54 bits per heavy atom. The van der Waals surface area contributed by atoms with Crippen LogP contribution >= 0.6 is 7.60 Å². The maximum atomic E-state index is 12.3. The lowest BCUT2D eigenvalue weighted by atomic mass is 10.5. The van der Waals surface area contributed by atoms with Gasteiger partial charge in [0.2, 0.25) is 5.95 Å². The molecule has 0 saturated heterocycles. The molecular weight excluding hydrogens is 337 g/mol. The highest BCUT2D eigenvalue weighted by Gasteiger charge is 2.23. The van der Waals surface area contributed by atoms with Crippen molar-refractivity contribution in [2.24, 2.45) is 0 Å². The average Bonchev–Trinajstić information content (AvgIpc) is 2.81. The van der Waals surface area contributed by atoms with Gasteiger partial charge in [-0.25, -0.2) is 4.98 Å². The first kappa shape index (κ1) is 18.6. The molecule has 0 aliphatic heterocycles. The first-order valence-electron chi connectivity index (χ1n) is 7.58. The Labute approximate surface area is 138 Å². The van der Waals surface area contributed by atoms with Crippen molar-refractivity contribution in [1.82, 2.24) is 19.5 Å². The fraction of sp³-hybridized carbons (Fsp3) is 0.615. The summed E-state index contributed by atoms with van der Waals surface area (Å²) < 4.78 is 29.7. The summed E-state index contributed by atoms with van der Waals surface area (Å²) in [5, 5.41) is 0. The van der Waals surface area contributed by atoms with E-state index in [9.17, 15) is 9.36 Å². The minimum Gasteiger partial charge on any atom is -0.369 e. The van der Waals surface area contributed by atoms with Gasteiger partial charge in [0, 0.05) is 6.54 Å². The van der Waals surface area contributed by atoms with E-state index in [2.05, 4.69) is 15.0 Å². The maximum Gasteiger partial charge on any atom is 0.356 e. The highest BCUT2D eigenvalue weighted by atomic mass is 31.2. The van der Waals surface area contributed by atoms with E-state index in [1.807, 2.05) is 0 Å². The van der Waals surface area contributed by atoms with Crippen molar-refractivity contribution in [2.45, 2.75) is 27.3 Å². The molecule has 0 aromatic carbocycles. The summed E-state index contributed by atoms with van der Waals surface area (Å²) in [7, 11) is -3.24. The van der Waals surface area contributed by atoms with E-state index in [1.54, 1.807) is 25.3 Å². The van der Waals surface area contributed by atoms with E-state index in [0.29, 0.717) is 18.0 Å². The number of nitrogens with one attached hydrogen (secondary N) is 1. The molecule has 2 aromatic rings. The van der Waals surface area contributed by atoms with Crippen molar-refractivity contribution >= 4 is 24.7 Å². The number of aromatic amines is 1. The number of nitrogens with zero attached hydrogens (tertiary/aromatic N) is 3. The molecule has 0 spiro atoms. The molecule has 0 bridgehead atoms. The molecule has 0 fully saturated rings. The number of anilines is 1. The van der Waals surface area contributed by atoms with Crippen LogP contribution in [-0.2, 0) is 24.9 Å². The number of hydrogen-bond acceptors (Lipinski definition) is 8. The lowest BCUT2D eigenvalue weighted by molar-refractivity contribution is 0.127. The van der Waals surface area contributed by atoms with Crippen LogP contribution in [0.4, 0.5) is 5.95 Å². The Morgan fingerprint density at radius 1 is 1.25 bits per heavy atom. The van der Waals surface area contributed by atoms with Gasteiger partial charge in [0.05, 0.1) is 19.8 Å². The summed E-state index contributed by atoms with van der Waals surface area (Å²) >= 11 is 0. The molecule has 3 N–H and O–H groups in total. The van der Waals surface area contributed by atoms with Gasteiger partial charge in [-0.2, -0.15) is 4.98 Å². The second-order valence-corrected chi connectivity index (χ2v) is 6.91. The van der Waals surface area contributed by atoms with Crippen molar-refractivity contribution < 1.29 is 18.3 Å². The van der Waals surface area contributed by atoms with Crippen LogP contribution < -0.4 is 11.3 Å². The van der Waals surface area contributed by atoms with Crippen molar-refractivity contribution in [2.75, 3.05) is 31.9 Å². The molecule has 0 atom stereocenters. The number of imidazole rings is 1. The second-order valence-electron chi connectivity index (χ2n) is 4.92. The van der Waals surface area contributed by atoms with E-state index in [0.717, 1.165) is 0 Å². The molecule has 0 radical (unpaired) electrons. The van der Waals surface area contributed by atoms with Gasteiger partial charge in [-0.1, -0.05) is 0 Å². The second kappa shape index (κ2) is 7.89. The third kappa shape index (κ3) is 4.21. The minimum atomic E-state index is -3.24. The molecule has 0 aliphatic rings. The minimum absolute atomic E-state index is 0.0201. The molecule has 11 heteroatoms. The van der Waals surface area contributed by atoms with E-state index in [-0.39, 0.29) is 37.6 Å². The first-order valence-corrected chi connectivity index (χ1v) is 9.31. The quantitative estimate of drug-likeness (QED) is 0.504. The van der Waals surface area contributed by atoms with Gasteiger partial charge in [0.15, 0.2) is 11.2 Å². The van der Waals surface area contributed by atoms with Crippen LogP contribution in [0.25, 0.3) is 11.2 Å². The van der Waals surface area contributed by atoms with Crippen LogP contribution in [0.5, 0.6) is 0 Å². The standard InChI is InChI=1S/C13H22N5O5P/c1-4-22-24(20,23-5-2)8-21-7-6-18-9(3)15-10-11(18)16-13(14)17-12(10)19/h4-8H2,1-3H3,(H3,14,16,17,19). The van der Waals surface area contributed by atoms with E-state index in [4.69, 9.17) is 19.5 Å². The summed E-state index contributed by atoms with van der Waals surface area (Å²) in [6, 6.07) is 0. The van der Waals surface area contributed by atoms with Gasteiger partial charge in [-0.15, -0.1) is 0 Å². The zero-order valence-corrected chi connectivity index (χ0v) is 14.8. The van der Waals surface area contributed by atoms with Gasteiger partial charge < -0.3 is 24.1 Å². The SMILES string of the molecule is CCOP(=O)(COCCn1c(C)nc2c(=O)[nH]c(N)nc21)OCC. The van der Waals surface area contributed by atoms with Gasteiger partial charge in [-0.05, 0) is 20.8 Å². The maximum absolute atomic E-state index is 12.3. The number of nitrogens with two attached hydrogens (primary N) is 1. The van der Waals surface area contributed by atoms with E-state index >= 15 is 0 Å². The van der Waals surface area contributed by atoms with Gasteiger partial charge in [0.1, 0.15) is 12.2 Å². The van der Waals surface area contributed by atoms with Crippen molar-refractivity contribution in [3.05, 3.63) is 16.2 Å². The molecule has 0 aliphatic carbocycles. The molecule has 2 aromatic heterocycles. The third-order valence-corrected chi connectivity index (χ3v) is 4.98. The number of hydrogen-bond donors (Lipinski definition) is 2. The molecule has 10 nitrogen and oxygen atoms in total. The average molecular weight is 359 g/mol. The summed E-state index contributed by atoms with van der Waals surface area (Å²) in [6.07, 6.45) is -0.142. The summed E-state index contributed by atoms with van der Waals surface area (Å²) in [4.78, 5) is 22.5. The number of aromatic nitrogens is 4. The zero-order chi connectivity index (χ0) is 17.7. The van der Waals surface area contributed by atoms with Crippen LogP contribution in [-0.4, -0.2) is 45.7 Å². The molecular formula is C13H22N5O5P. The van der Waals surface area contributed by atoms with Gasteiger partial charge >= 0.3 is 7.60 Å². The number of nitrogen functional groups attached to an aromatic ring is 1. The van der Waals surface area contributed by atoms with Gasteiger partial charge in [-0.3, -0.25) is 14.3 Å². The first-order chi connectivity index (χ1) is 11.4. The predicted octanol–water partition coefficient (Wildman–Crippen LogP) is 1.25. The summed E-state index contributed by atoms with van der Waals surface area (Å²) in [5.74, 6) is 0.627. The Morgan fingerprint density at radius 2 is 1.92 bits per heavy atom. The molecule has 0 amide bonds. The topological polar surface area (TPSA) is 134 Å². The fourth-order valence-electron chi connectivity index (χ4n) is 2.24. The molecule has 134 valence electrons. The van der Waals surface area contributed by atoms with E-state index < -0.39 is 13.2 Å². The summed E-state index contributed by atoms with van der Waals surface area (Å²) in [5.41, 5.74) is 5.78. The molecule has 2 rings (SSSR count). The molecule has 2 heterocycles. The van der Waals surface area contributed by atoms with Crippen LogP contribution in [0, 0.1) is 6.92 Å². The van der Waals surface area contributed by atoms with Crippen LogP contribution in [0.2, 0.25) is 0 Å². The number of fused-ring (bicyclic) bond motifs is 1. The molecule has 0 unspecified atom stereocenters. The zero-order valence-electron chi connectivity index (χ0n) is 13.9. The summed E-state index contributed by atoms with van der Waals surface area (Å²) in [6.45, 7) is 6.38. The van der Waals surface area contributed by atoms with Crippen LogP contribution in [0.15, 0.2) is 4.79 Å².